The van der Waals surface area contributed by atoms with Gasteiger partial charge in [0.25, 0.3) is 5.56 Å². The minimum absolute atomic E-state index is 0.0977. The third-order valence-electron chi connectivity index (χ3n) is 2.54. The van der Waals surface area contributed by atoms with Crippen molar-refractivity contribution < 1.29 is 0 Å². The Morgan fingerprint density at radius 3 is 2.69 bits per heavy atom. The molecule has 0 aromatic carbocycles. The Labute approximate surface area is 95.4 Å². The lowest BCUT2D eigenvalue weighted by Crippen LogP contribution is -2.15. The van der Waals surface area contributed by atoms with Crippen molar-refractivity contribution in [3.05, 3.63) is 33.4 Å². The third-order valence-corrected chi connectivity index (χ3v) is 2.54. The topological polar surface area (TPSA) is 84.9 Å². The summed E-state index contributed by atoms with van der Waals surface area (Å²) < 4.78 is 0. The van der Waals surface area contributed by atoms with Crippen LogP contribution in [0.3, 0.4) is 0 Å². The molecule has 0 atom stereocenters. The number of hydrogen-bond acceptors (Lipinski definition) is 3. The van der Waals surface area contributed by atoms with Crippen molar-refractivity contribution in [3.8, 4) is 0 Å². The van der Waals surface area contributed by atoms with Gasteiger partial charge in [-0.3, -0.25) is 4.79 Å². The van der Waals surface area contributed by atoms with Crippen LogP contribution in [0.15, 0.2) is 16.6 Å². The summed E-state index contributed by atoms with van der Waals surface area (Å²) in [4.78, 5) is 14.3. The minimum atomic E-state index is -0.0977. The standard InChI is InChI=1S/C12H19N3O/c1-4-8-5-10(14)11(15-12(8)16)6-9(13)7(2)3/h5-7H,4,13-14H2,1-3H3,(H,15,16)/b9-6-. The van der Waals surface area contributed by atoms with Gasteiger partial charge in [-0.25, -0.2) is 0 Å². The highest BCUT2D eigenvalue weighted by Gasteiger charge is 2.05. The molecule has 0 spiro atoms. The Hall–Kier alpha value is -1.71. The van der Waals surface area contributed by atoms with Gasteiger partial charge in [-0.05, 0) is 24.5 Å². The molecule has 0 aliphatic heterocycles. The smallest absolute Gasteiger partial charge is 0.251 e. The zero-order chi connectivity index (χ0) is 12.3. The summed E-state index contributed by atoms with van der Waals surface area (Å²) in [5, 5.41) is 0. The Morgan fingerprint density at radius 1 is 1.56 bits per heavy atom. The monoisotopic (exact) mass is 221 g/mol. The number of hydrogen-bond donors (Lipinski definition) is 3. The number of aromatic amines is 1. The molecule has 0 amide bonds. The van der Waals surface area contributed by atoms with Crippen LogP contribution in [-0.2, 0) is 6.42 Å². The van der Waals surface area contributed by atoms with Gasteiger partial charge in [0.2, 0.25) is 0 Å². The maximum Gasteiger partial charge on any atom is 0.251 e. The average molecular weight is 221 g/mol. The van der Waals surface area contributed by atoms with Crippen molar-refractivity contribution >= 4 is 11.8 Å². The summed E-state index contributed by atoms with van der Waals surface area (Å²) in [6, 6.07) is 1.71. The molecule has 0 radical (unpaired) electrons. The minimum Gasteiger partial charge on any atom is -0.402 e. The molecule has 5 N–H and O–H groups in total. The van der Waals surface area contributed by atoms with E-state index in [0.717, 1.165) is 0 Å². The first-order valence-electron chi connectivity index (χ1n) is 5.44. The van der Waals surface area contributed by atoms with E-state index < -0.39 is 0 Å². The van der Waals surface area contributed by atoms with Gasteiger partial charge in [0.05, 0.1) is 11.4 Å². The van der Waals surface area contributed by atoms with Crippen molar-refractivity contribution in [2.75, 3.05) is 5.73 Å². The van der Waals surface area contributed by atoms with Gasteiger partial charge in [-0.15, -0.1) is 0 Å². The van der Waals surface area contributed by atoms with E-state index in [4.69, 9.17) is 11.5 Å². The van der Waals surface area contributed by atoms with Gasteiger partial charge in [0.15, 0.2) is 0 Å². The lowest BCUT2D eigenvalue weighted by molar-refractivity contribution is 0.763. The number of aryl methyl sites for hydroxylation is 1. The van der Waals surface area contributed by atoms with Crippen molar-refractivity contribution in [1.82, 2.24) is 4.98 Å². The molecule has 0 fully saturated rings. The second-order valence-corrected chi connectivity index (χ2v) is 4.15. The molecule has 0 aliphatic carbocycles. The Kier molecular flexibility index (Phi) is 3.77. The molecule has 0 bridgehead atoms. The van der Waals surface area contributed by atoms with Crippen LogP contribution in [-0.4, -0.2) is 4.98 Å². The Balaban J connectivity index is 3.22. The summed E-state index contributed by atoms with van der Waals surface area (Å²) in [6.45, 7) is 5.89. The molecule has 1 heterocycles. The maximum atomic E-state index is 11.6. The molecule has 1 aromatic heterocycles. The summed E-state index contributed by atoms with van der Waals surface area (Å²) in [7, 11) is 0. The predicted molar refractivity (Wildman–Crippen MR) is 67.9 cm³/mol. The van der Waals surface area contributed by atoms with Crippen molar-refractivity contribution in [2.45, 2.75) is 27.2 Å². The number of rotatable bonds is 3. The molecule has 0 unspecified atom stereocenters. The van der Waals surface area contributed by atoms with Gasteiger partial charge in [0.1, 0.15) is 0 Å². The first kappa shape index (κ1) is 12.4. The number of H-pyrrole nitrogens is 1. The quantitative estimate of drug-likeness (QED) is 0.722. The highest BCUT2D eigenvalue weighted by molar-refractivity contribution is 5.62. The van der Waals surface area contributed by atoms with Crippen LogP contribution in [0.5, 0.6) is 0 Å². The molecule has 16 heavy (non-hydrogen) atoms. The van der Waals surface area contributed by atoms with Gasteiger partial charge < -0.3 is 16.5 Å². The maximum absolute atomic E-state index is 11.6. The van der Waals surface area contributed by atoms with E-state index in [-0.39, 0.29) is 11.5 Å². The normalized spacial score (nSPS) is 12.1. The molecule has 1 rings (SSSR count). The SMILES string of the molecule is CCc1cc(N)c(/C=C(\N)C(C)C)[nH]c1=O. The van der Waals surface area contributed by atoms with E-state index in [1.54, 1.807) is 12.1 Å². The van der Waals surface area contributed by atoms with Crippen molar-refractivity contribution in [3.63, 3.8) is 0 Å². The van der Waals surface area contributed by atoms with Crippen LogP contribution in [0, 0.1) is 5.92 Å². The molecule has 0 saturated carbocycles. The van der Waals surface area contributed by atoms with Gasteiger partial charge in [0, 0.05) is 11.3 Å². The van der Waals surface area contributed by atoms with Crippen LogP contribution < -0.4 is 17.0 Å². The third kappa shape index (κ3) is 2.66. The number of allylic oxidation sites excluding steroid dienone is 1. The first-order valence-corrected chi connectivity index (χ1v) is 5.44. The molecule has 1 aromatic rings. The van der Waals surface area contributed by atoms with Gasteiger partial charge in [-0.1, -0.05) is 20.8 Å². The summed E-state index contributed by atoms with van der Waals surface area (Å²) in [6.07, 6.45) is 2.39. The second-order valence-electron chi connectivity index (χ2n) is 4.15. The highest BCUT2D eigenvalue weighted by Crippen LogP contribution is 2.14. The number of nitrogens with one attached hydrogen (secondary N) is 1. The predicted octanol–water partition coefficient (Wildman–Crippen LogP) is 1.48. The van der Waals surface area contributed by atoms with Crippen LogP contribution in [0.25, 0.3) is 6.08 Å². The Morgan fingerprint density at radius 2 is 2.19 bits per heavy atom. The van der Waals surface area contributed by atoms with E-state index >= 15 is 0 Å². The first-order chi connectivity index (χ1) is 7.45. The van der Waals surface area contributed by atoms with E-state index in [2.05, 4.69) is 4.98 Å². The van der Waals surface area contributed by atoms with E-state index in [9.17, 15) is 4.79 Å². The zero-order valence-corrected chi connectivity index (χ0v) is 10.0. The molecule has 0 aliphatic rings. The number of pyridine rings is 1. The van der Waals surface area contributed by atoms with Crippen molar-refractivity contribution in [2.24, 2.45) is 11.7 Å². The number of anilines is 1. The highest BCUT2D eigenvalue weighted by atomic mass is 16.1. The lowest BCUT2D eigenvalue weighted by atomic mass is 10.1. The zero-order valence-electron chi connectivity index (χ0n) is 10.0. The van der Waals surface area contributed by atoms with Crippen LogP contribution >= 0.6 is 0 Å². The molecule has 4 nitrogen and oxygen atoms in total. The Bertz CT molecular complexity index is 458. The molecular formula is C12H19N3O. The largest absolute Gasteiger partial charge is 0.402 e. The molecule has 4 heteroatoms. The lowest BCUT2D eigenvalue weighted by Gasteiger charge is -2.07. The fraction of sp³-hybridized carbons (Fsp3) is 0.417. The second kappa shape index (κ2) is 4.88. The number of nitrogen functional groups attached to an aromatic ring is 1. The van der Waals surface area contributed by atoms with E-state index in [1.165, 1.54) is 0 Å². The fourth-order valence-electron chi connectivity index (χ4n) is 1.32. The summed E-state index contributed by atoms with van der Waals surface area (Å²) in [5.74, 6) is 0.230. The number of nitrogens with two attached hydrogens (primary N) is 2. The fourth-order valence-corrected chi connectivity index (χ4v) is 1.32. The average Bonchev–Trinajstić information content (AvgIpc) is 2.22. The van der Waals surface area contributed by atoms with Crippen LogP contribution in [0.1, 0.15) is 32.0 Å². The van der Waals surface area contributed by atoms with Gasteiger partial charge in [-0.2, -0.15) is 0 Å². The summed E-state index contributed by atoms with van der Waals surface area (Å²) in [5.41, 5.74) is 14.1. The molecule has 0 saturated heterocycles. The van der Waals surface area contributed by atoms with Crippen LogP contribution in [0.2, 0.25) is 0 Å². The van der Waals surface area contributed by atoms with Crippen LogP contribution in [0.4, 0.5) is 5.69 Å². The van der Waals surface area contributed by atoms with Gasteiger partial charge >= 0.3 is 0 Å². The van der Waals surface area contributed by atoms with E-state index in [1.807, 2.05) is 20.8 Å². The molecular weight excluding hydrogens is 202 g/mol. The van der Waals surface area contributed by atoms with E-state index in [0.29, 0.717) is 29.1 Å². The molecule has 88 valence electrons. The summed E-state index contributed by atoms with van der Waals surface area (Å²) >= 11 is 0. The van der Waals surface area contributed by atoms with Crippen molar-refractivity contribution in [1.29, 1.82) is 0 Å². The number of aromatic nitrogens is 1.